The molecular weight excluding hydrogens is 596 g/mol. The van der Waals surface area contributed by atoms with Gasteiger partial charge >= 0.3 is 0 Å². The van der Waals surface area contributed by atoms with E-state index in [9.17, 15) is 4.79 Å². The van der Waals surface area contributed by atoms with Crippen LogP contribution in [0.25, 0.3) is 22.3 Å². The molecule has 3 aromatic rings. The van der Waals surface area contributed by atoms with Gasteiger partial charge in [0, 0.05) is 48.5 Å². The van der Waals surface area contributed by atoms with E-state index >= 15 is 0 Å². The number of imidazole rings is 1. The molecule has 9 heteroatoms. The van der Waals surface area contributed by atoms with Crippen LogP contribution in [0.4, 0.5) is 11.5 Å². The predicted octanol–water partition coefficient (Wildman–Crippen LogP) is 5.95. The number of fused-ring (bicyclic) bond motifs is 3. The van der Waals surface area contributed by atoms with Gasteiger partial charge in [0.05, 0.1) is 23.0 Å². The van der Waals surface area contributed by atoms with Crippen molar-refractivity contribution in [1.82, 2.24) is 29.7 Å². The lowest BCUT2D eigenvalue weighted by Crippen LogP contribution is -2.58. The molecule has 2 saturated carbocycles. The Morgan fingerprint density at radius 1 is 1.00 bits per heavy atom. The van der Waals surface area contributed by atoms with Gasteiger partial charge in [0.2, 0.25) is 5.91 Å². The lowest BCUT2D eigenvalue weighted by atomic mass is 9.73. The largest absolute Gasteiger partial charge is 0.366 e. The first-order valence-corrected chi connectivity index (χ1v) is 19.1. The molecular formula is C39H54N8O. The van der Waals surface area contributed by atoms with Crippen molar-refractivity contribution in [1.29, 1.82) is 0 Å². The molecule has 1 amide bonds. The SMILES string of the molecule is CC(C)n1cnc2cc(-c3ccc4c(c3)N(C3CC(N5CCCCC5)C3)C(=O)C43CCN(C[C@]4(C)CCNC4)CC3)nc(NC3CC3)c21. The normalized spacial score (nSPS) is 29.2. The van der Waals surface area contributed by atoms with Gasteiger partial charge in [0.1, 0.15) is 5.52 Å². The molecule has 48 heavy (non-hydrogen) atoms. The molecule has 5 fully saturated rings. The maximum Gasteiger partial charge on any atom is 0.238 e. The molecule has 1 spiro atoms. The van der Waals surface area contributed by atoms with E-state index in [1.807, 2.05) is 6.33 Å². The van der Waals surface area contributed by atoms with Crippen LogP contribution in [0.5, 0.6) is 0 Å². The maximum absolute atomic E-state index is 14.9. The molecule has 4 aliphatic heterocycles. The van der Waals surface area contributed by atoms with E-state index in [2.05, 4.69) is 74.9 Å². The Bertz CT molecular complexity index is 1680. The highest BCUT2D eigenvalue weighted by Crippen LogP contribution is 2.52. The molecule has 9 nitrogen and oxygen atoms in total. The van der Waals surface area contributed by atoms with Crippen molar-refractivity contribution in [3.8, 4) is 11.3 Å². The number of amides is 1. The number of hydrogen-bond acceptors (Lipinski definition) is 7. The van der Waals surface area contributed by atoms with Gasteiger partial charge in [-0.05, 0) is 127 Å². The standard InChI is InChI=1S/C39H54N8O/c1-26(2)46-25-41-33-22-32(43-36(35(33)46)42-28-8-9-28)27-7-10-31-34(19-27)47(30-20-29(21-30)45-15-5-4-6-16-45)37(48)39(31)12-17-44(18-13-39)24-38(3)11-14-40-23-38/h7,10,19,22,25-26,28-30,40H,4-6,8-9,11-18,20-21,23-24H2,1-3H3,(H,42,43)/t29?,30?,38-/m1/s1. The molecule has 0 bridgehead atoms. The third kappa shape index (κ3) is 5.26. The highest BCUT2D eigenvalue weighted by atomic mass is 16.2. The van der Waals surface area contributed by atoms with Gasteiger partial charge in [-0.25, -0.2) is 9.97 Å². The van der Waals surface area contributed by atoms with Gasteiger partial charge in [-0.1, -0.05) is 25.5 Å². The molecule has 3 saturated heterocycles. The summed E-state index contributed by atoms with van der Waals surface area (Å²) in [7, 11) is 0. The number of benzene rings is 1. The van der Waals surface area contributed by atoms with Crippen molar-refractivity contribution < 1.29 is 4.79 Å². The Kier molecular flexibility index (Phi) is 7.62. The minimum absolute atomic E-state index is 0.281. The molecule has 2 aromatic heterocycles. The number of carbonyl (C=O) groups is 1. The van der Waals surface area contributed by atoms with Crippen LogP contribution in [0.15, 0.2) is 30.6 Å². The number of hydrogen-bond donors (Lipinski definition) is 2. The number of carbonyl (C=O) groups excluding carboxylic acids is 1. The van der Waals surface area contributed by atoms with Crippen LogP contribution >= 0.6 is 0 Å². The molecule has 1 atom stereocenters. The fourth-order valence-corrected chi connectivity index (χ4v) is 9.70. The molecule has 6 aliphatic rings. The zero-order valence-corrected chi connectivity index (χ0v) is 29.3. The highest BCUT2D eigenvalue weighted by Gasteiger charge is 2.55. The molecule has 256 valence electrons. The number of nitrogens with one attached hydrogen (secondary N) is 2. The summed E-state index contributed by atoms with van der Waals surface area (Å²) in [6.45, 7) is 14.6. The Labute approximate surface area is 285 Å². The second-order valence-electron chi connectivity index (χ2n) is 16.8. The number of anilines is 2. The van der Waals surface area contributed by atoms with E-state index in [1.54, 1.807) is 0 Å². The van der Waals surface area contributed by atoms with Gasteiger partial charge in [0.15, 0.2) is 5.82 Å². The average molecular weight is 651 g/mol. The molecule has 2 aliphatic carbocycles. The number of rotatable bonds is 8. The first kappa shape index (κ1) is 31.0. The van der Waals surface area contributed by atoms with Crippen LogP contribution in [0, 0.1) is 5.41 Å². The Morgan fingerprint density at radius 2 is 1.79 bits per heavy atom. The van der Waals surface area contributed by atoms with Crippen molar-refractivity contribution in [2.45, 2.75) is 115 Å². The van der Waals surface area contributed by atoms with E-state index in [0.717, 1.165) is 92.2 Å². The number of likely N-dealkylation sites (tertiary alicyclic amines) is 2. The molecule has 0 radical (unpaired) electrons. The van der Waals surface area contributed by atoms with Crippen LogP contribution in [0.1, 0.15) is 96.6 Å². The summed E-state index contributed by atoms with van der Waals surface area (Å²) >= 11 is 0. The van der Waals surface area contributed by atoms with Crippen LogP contribution in [0.2, 0.25) is 0 Å². The quantitative estimate of drug-likeness (QED) is 0.312. The second-order valence-corrected chi connectivity index (χ2v) is 16.8. The van der Waals surface area contributed by atoms with Gasteiger partial charge in [-0.15, -0.1) is 0 Å². The van der Waals surface area contributed by atoms with Crippen LogP contribution in [-0.2, 0) is 10.2 Å². The zero-order chi connectivity index (χ0) is 32.6. The first-order valence-electron chi connectivity index (χ1n) is 19.1. The topological polar surface area (TPSA) is 81.6 Å². The smallest absolute Gasteiger partial charge is 0.238 e. The fourth-order valence-electron chi connectivity index (χ4n) is 9.70. The maximum atomic E-state index is 14.9. The fraction of sp³-hybridized carbons (Fsp3) is 0.667. The first-order chi connectivity index (χ1) is 23.3. The molecule has 9 rings (SSSR count). The Morgan fingerprint density at radius 3 is 2.50 bits per heavy atom. The summed E-state index contributed by atoms with van der Waals surface area (Å²) in [6.07, 6.45) is 13.6. The highest BCUT2D eigenvalue weighted by molar-refractivity contribution is 6.09. The molecule has 0 unspecified atom stereocenters. The third-order valence-corrected chi connectivity index (χ3v) is 12.9. The van der Waals surface area contributed by atoms with Crippen molar-refractivity contribution in [3.05, 3.63) is 36.2 Å². The summed E-state index contributed by atoms with van der Waals surface area (Å²) in [5, 5.41) is 7.29. The second kappa shape index (κ2) is 11.8. The van der Waals surface area contributed by atoms with Crippen molar-refractivity contribution in [2.75, 3.05) is 56.0 Å². The lowest BCUT2D eigenvalue weighted by Gasteiger charge is -2.48. The number of piperidine rings is 2. The van der Waals surface area contributed by atoms with Crippen LogP contribution in [-0.4, -0.2) is 94.2 Å². The van der Waals surface area contributed by atoms with E-state index < -0.39 is 5.41 Å². The van der Waals surface area contributed by atoms with Gasteiger partial charge in [-0.3, -0.25) is 4.79 Å². The summed E-state index contributed by atoms with van der Waals surface area (Å²) in [5.41, 5.74) is 6.40. The lowest BCUT2D eigenvalue weighted by molar-refractivity contribution is -0.126. The minimum Gasteiger partial charge on any atom is -0.366 e. The van der Waals surface area contributed by atoms with Crippen LogP contribution in [0.3, 0.4) is 0 Å². The molecule has 2 N–H and O–H groups in total. The van der Waals surface area contributed by atoms with E-state index in [1.165, 1.54) is 57.2 Å². The van der Waals surface area contributed by atoms with Gasteiger partial charge in [0.25, 0.3) is 0 Å². The van der Waals surface area contributed by atoms with E-state index in [0.29, 0.717) is 29.4 Å². The number of pyridine rings is 1. The summed E-state index contributed by atoms with van der Waals surface area (Å²) in [6, 6.07) is 10.7. The Balaban J connectivity index is 1.05. The van der Waals surface area contributed by atoms with Crippen LogP contribution < -0.4 is 15.5 Å². The zero-order valence-electron chi connectivity index (χ0n) is 29.3. The monoisotopic (exact) mass is 650 g/mol. The minimum atomic E-state index is -0.415. The summed E-state index contributed by atoms with van der Waals surface area (Å²) in [5.74, 6) is 1.29. The number of nitrogens with zero attached hydrogens (tertiary/aromatic N) is 6. The van der Waals surface area contributed by atoms with Crippen molar-refractivity contribution in [2.24, 2.45) is 5.41 Å². The molecule has 1 aromatic carbocycles. The van der Waals surface area contributed by atoms with E-state index in [4.69, 9.17) is 9.97 Å². The van der Waals surface area contributed by atoms with Gasteiger partial charge < -0.3 is 29.9 Å². The predicted molar refractivity (Wildman–Crippen MR) is 193 cm³/mol. The van der Waals surface area contributed by atoms with E-state index in [-0.39, 0.29) is 6.04 Å². The summed E-state index contributed by atoms with van der Waals surface area (Å²) in [4.78, 5) is 32.6. The van der Waals surface area contributed by atoms with Crippen molar-refractivity contribution >= 4 is 28.4 Å². The molecule has 6 heterocycles. The third-order valence-electron chi connectivity index (χ3n) is 12.9. The van der Waals surface area contributed by atoms with Crippen molar-refractivity contribution in [3.63, 3.8) is 0 Å². The summed E-state index contributed by atoms with van der Waals surface area (Å²) < 4.78 is 2.23. The Hall–Kier alpha value is -3.01. The van der Waals surface area contributed by atoms with Gasteiger partial charge in [-0.2, -0.15) is 0 Å². The number of aromatic nitrogens is 3. The average Bonchev–Trinajstić information content (AvgIpc) is 3.52.